The second kappa shape index (κ2) is 10.3. The zero-order valence-electron chi connectivity index (χ0n) is 15.2. The topological polar surface area (TPSA) is 54.4 Å². The smallest absolute Gasteiger partial charge is 0.294 e. The molecule has 0 aromatic heterocycles. The highest BCUT2D eigenvalue weighted by Crippen LogP contribution is 2.14. The van der Waals surface area contributed by atoms with Gasteiger partial charge in [0.15, 0.2) is 0 Å². The van der Waals surface area contributed by atoms with Gasteiger partial charge in [-0.15, -0.1) is 11.8 Å². The van der Waals surface area contributed by atoms with Gasteiger partial charge in [-0.2, -0.15) is 8.42 Å². The maximum absolute atomic E-state index is 10.5. The Balaban J connectivity index is 0.000000422. The van der Waals surface area contributed by atoms with Crippen LogP contribution < -0.4 is 0 Å². The molecule has 0 saturated carbocycles. The Kier molecular flexibility index (Phi) is 10.1. The van der Waals surface area contributed by atoms with Crippen LogP contribution in [0.15, 0.2) is 29.2 Å². The van der Waals surface area contributed by atoms with Crippen LogP contribution in [-0.4, -0.2) is 49.2 Å². The number of hydrogen-bond acceptors (Lipinski definition) is 3. The van der Waals surface area contributed by atoms with Crippen molar-refractivity contribution in [3.8, 4) is 0 Å². The van der Waals surface area contributed by atoms with Gasteiger partial charge in [0.2, 0.25) is 0 Å². The lowest BCUT2D eigenvalue weighted by atomic mass is 10.2. The van der Waals surface area contributed by atoms with Crippen molar-refractivity contribution in [2.75, 3.05) is 31.8 Å². The largest absolute Gasteiger partial charge is 0.318 e. The molecule has 4 nitrogen and oxygen atoms in total. The summed E-state index contributed by atoms with van der Waals surface area (Å²) in [5.41, 5.74) is 0.956. The molecular formula is C17H32NO3S2+. The normalized spacial score (nSPS) is 12.0. The molecule has 1 aromatic rings. The highest BCUT2D eigenvalue weighted by molar-refractivity contribution is 7.99. The van der Waals surface area contributed by atoms with E-state index in [4.69, 9.17) is 4.55 Å². The van der Waals surface area contributed by atoms with Crippen LogP contribution in [0, 0.1) is 12.8 Å². The molecule has 1 N–H and O–H groups in total. The van der Waals surface area contributed by atoms with Gasteiger partial charge in [0.1, 0.15) is 5.88 Å². The van der Waals surface area contributed by atoms with E-state index in [1.54, 1.807) is 12.1 Å². The molecule has 0 saturated heterocycles. The Bertz CT molecular complexity index is 535. The van der Waals surface area contributed by atoms with E-state index in [9.17, 15) is 8.42 Å². The molecule has 0 spiro atoms. The fourth-order valence-electron chi connectivity index (χ4n) is 1.63. The summed E-state index contributed by atoms with van der Waals surface area (Å²) in [7, 11) is -1.68. The summed E-state index contributed by atoms with van der Waals surface area (Å²) in [6, 6.07) is 5.99. The van der Waals surface area contributed by atoms with Gasteiger partial charge in [-0.05, 0) is 38.8 Å². The molecule has 1 rings (SSSR count). The molecule has 23 heavy (non-hydrogen) atoms. The molecule has 0 fully saturated rings. The quantitative estimate of drug-likeness (QED) is 0.451. The second-order valence-corrected chi connectivity index (χ2v) is 8.86. The van der Waals surface area contributed by atoms with Gasteiger partial charge in [-0.1, -0.05) is 31.5 Å². The Morgan fingerprint density at radius 2 is 1.61 bits per heavy atom. The van der Waals surface area contributed by atoms with Gasteiger partial charge < -0.3 is 4.48 Å². The average Bonchev–Trinajstić information content (AvgIpc) is 2.47. The third kappa shape index (κ3) is 10.0. The lowest BCUT2D eigenvalue weighted by molar-refractivity contribution is -0.893. The predicted octanol–water partition coefficient (Wildman–Crippen LogP) is 4.06. The van der Waals surface area contributed by atoms with Crippen LogP contribution in [0.25, 0.3) is 0 Å². The zero-order chi connectivity index (χ0) is 18.1. The Morgan fingerprint density at radius 1 is 1.13 bits per heavy atom. The van der Waals surface area contributed by atoms with Crippen LogP contribution in [0.5, 0.6) is 0 Å². The summed E-state index contributed by atoms with van der Waals surface area (Å²) in [6.45, 7) is 13.5. The number of rotatable bonds is 7. The zero-order valence-corrected chi connectivity index (χ0v) is 16.9. The first-order chi connectivity index (χ1) is 10.5. The van der Waals surface area contributed by atoms with Crippen molar-refractivity contribution in [2.45, 2.75) is 39.5 Å². The average molecular weight is 363 g/mol. The molecule has 0 heterocycles. The number of thioether (sulfide) groups is 1. The number of benzene rings is 1. The molecule has 134 valence electrons. The van der Waals surface area contributed by atoms with E-state index in [0.29, 0.717) is 0 Å². The first-order valence-electron chi connectivity index (χ1n) is 7.99. The van der Waals surface area contributed by atoms with E-state index in [0.717, 1.165) is 11.5 Å². The minimum Gasteiger partial charge on any atom is -0.318 e. The summed E-state index contributed by atoms with van der Waals surface area (Å²) < 4.78 is 30.8. The third-order valence-corrected chi connectivity index (χ3v) is 6.28. The Hall–Kier alpha value is -0.560. The van der Waals surface area contributed by atoms with Crippen LogP contribution in [0.3, 0.4) is 0 Å². The summed E-state index contributed by atoms with van der Waals surface area (Å²) >= 11 is 2.09. The van der Waals surface area contributed by atoms with Crippen molar-refractivity contribution >= 4 is 21.9 Å². The van der Waals surface area contributed by atoms with Gasteiger partial charge in [0.25, 0.3) is 10.1 Å². The molecule has 0 aliphatic rings. The van der Waals surface area contributed by atoms with Gasteiger partial charge in [-0.25, -0.2) is 0 Å². The molecule has 1 aromatic carbocycles. The van der Waals surface area contributed by atoms with Crippen molar-refractivity contribution in [2.24, 2.45) is 5.92 Å². The summed E-state index contributed by atoms with van der Waals surface area (Å²) in [6.07, 6.45) is 0. The van der Waals surface area contributed by atoms with Crippen LogP contribution in [-0.2, 0) is 10.1 Å². The monoisotopic (exact) mass is 362 g/mol. The van der Waals surface area contributed by atoms with Crippen molar-refractivity contribution in [1.82, 2.24) is 0 Å². The van der Waals surface area contributed by atoms with Gasteiger partial charge in [-0.3, -0.25) is 4.55 Å². The van der Waals surface area contributed by atoms with Crippen LogP contribution >= 0.6 is 11.8 Å². The molecular weight excluding hydrogens is 330 g/mol. The summed E-state index contributed by atoms with van der Waals surface area (Å²) in [5, 5.41) is 0. The van der Waals surface area contributed by atoms with E-state index in [2.05, 4.69) is 46.5 Å². The number of hydrogen-bond donors (Lipinski definition) is 1. The van der Waals surface area contributed by atoms with E-state index < -0.39 is 10.1 Å². The molecule has 0 aliphatic heterocycles. The van der Waals surface area contributed by atoms with Crippen molar-refractivity contribution in [3.63, 3.8) is 0 Å². The molecule has 0 unspecified atom stereocenters. The highest BCUT2D eigenvalue weighted by atomic mass is 32.2. The molecule has 0 amide bonds. The first-order valence-corrected chi connectivity index (χ1v) is 10.6. The van der Waals surface area contributed by atoms with Crippen LogP contribution in [0.2, 0.25) is 0 Å². The second-order valence-electron chi connectivity index (χ2n) is 6.43. The molecule has 6 heteroatoms. The fraction of sp³-hybridized carbons (Fsp3) is 0.647. The molecule has 0 bridgehead atoms. The Labute approximate surface area is 146 Å². The lowest BCUT2D eigenvalue weighted by Gasteiger charge is -2.31. The van der Waals surface area contributed by atoms with E-state index in [1.165, 1.54) is 41.3 Å². The maximum Gasteiger partial charge on any atom is 0.294 e. The maximum atomic E-state index is 10.5. The van der Waals surface area contributed by atoms with E-state index >= 15 is 0 Å². The number of aryl methyl sites for hydroxylation is 1. The van der Waals surface area contributed by atoms with Gasteiger partial charge >= 0.3 is 0 Å². The standard InChI is InChI=1S/C10H24NS.C7H8O3S/c1-6-11(5,7-2)9-12-8-10(3)4;1-6-2-4-7(5-3-6)11(8,9)10/h10H,6-9H2,1-5H3;2-5H,1H3,(H,8,9,10)/q+1;. The van der Waals surface area contributed by atoms with Gasteiger partial charge in [0, 0.05) is 5.75 Å². The fourth-order valence-corrected chi connectivity index (χ4v) is 3.49. The minimum atomic E-state index is -4.02. The van der Waals surface area contributed by atoms with Crippen molar-refractivity contribution in [1.29, 1.82) is 0 Å². The SMILES string of the molecule is CC[N+](C)(CC)CSCC(C)C.Cc1ccc(S(=O)(=O)O)cc1. The van der Waals surface area contributed by atoms with E-state index in [-0.39, 0.29) is 4.90 Å². The highest BCUT2D eigenvalue weighted by Gasteiger charge is 2.15. The van der Waals surface area contributed by atoms with Crippen LogP contribution in [0.4, 0.5) is 0 Å². The van der Waals surface area contributed by atoms with E-state index in [1.807, 2.05) is 6.92 Å². The van der Waals surface area contributed by atoms with Crippen molar-refractivity contribution in [3.05, 3.63) is 29.8 Å². The third-order valence-electron chi connectivity index (χ3n) is 3.70. The first kappa shape index (κ1) is 22.4. The van der Waals surface area contributed by atoms with Gasteiger partial charge in [0.05, 0.1) is 25.0 Å². The molecule has 0 aliphatic carbocycles. The van der Waals surface area contributed by atoms with Crippen molar-refractivity contribution < 1.29 is 17.5 Å². The molecule has 0 atom stereocenters. The lowest BCUT2D eigenvalue weighted by Crippen LogP contribution is -2.43. The minimum absolute atomic E-state index is 0.0666. The summed E-state index contributed by atoms with van der Waals surface area (Å²) in [4.78, 5) is -0.0666. The predicted molar refractivity (Wildman–Crippen MR) is 100 cm³/mol. The molecule has 0 radical (unpaired) electrons. The number of quaternary nitrogens is 1. The summed E-state index contributed by atoms with van der Waals surface area (Å²) in [5.74, 6) is 3.40. The van der Waals surface area contributed by atoms with Crippen LogP contribution in [0.1, 0.15) is 33.3 Å². The Morgan fingerprint density at radius 3 is 1.96 bits per heavy atom. The number of nitrogens with zero attached hydrogens (tertiary/aromatic N) is 1.